The SMILES string of the molecule is CC(=O)N[C@@H]1[C@@H](O)[C@H](O[C@@H]2O[C@H](CO)[C@@H](O[C@@H]3O[C@H](CO[C@H]4O[C@H](CO)[C@@H](O)[C@H](O)[C@@H]4O[C@@H]4O[C@H](CO)[C@@H](O[C@@H]5O[C@H](CO)[C@H](O)[C@H](O)[C@H]5O)[C@H](O[C@@H]5O[C@@H](C)[C@@H](O)[C@@H](O)[C@@H]5O)[C@H]4NC(C)=O)[C@@H](O)[C@H](O[C@H]4O[C@H](CO)[C@@H](O)[C@H](O)[C@@H]4O)[C@@H]3O[C@@H]3OC[C@@H](O)[C@H](O)[C@H]3O)[C@H](O)[C@H]2NC(C)=O)[C@@H](CO)O[C@H]1O. The molecular formula is C59H99N3O44. The lowest BCUT2D eigenvalue weighted by atomic mass is 9.93. The Balaban J connectivity index is 1.09. The van der Waals surface area contributed by atoms with Gasteiger partial charge in [0.2, 0.25) is 17.7 Å². The van der Waals surface area contributed by atoms with E-state index in [0.29, 0.717) is 0 Å². The quantitative estimate of drug-likeness (QED) is 0.0382. The Kier molecular flexibility index (Phi) is 30.8. The molecule has 47 heteroatoms. The minimum Gasteiger partial charge on any atom is -0.394 e. The summed E-state index contributed by atoms with van der Waals surface area (Å²) in [6.07, 6.45) is -84.6. The Morgan fingerprint density at radius 1 is 0.302 bits per heavy atom. The van der Waals surface area contributed by atoms with Gasteiger partial charge in [-0.15, -0.1) is 0 Å². The van der Waals surface area contributed by atoms with E-state index in [-0.39, 0.29) is 0 Å². The van der Waals surface area contributed by atoms with Crippen LogP contribution in [0.25, 0.3) is 0 Å². The van der Waals surface area contributed by atoms with Gasteiger partial charge in [0.25, 0.3) is 0 Å². The second-order valence-electron chi connectivity index (χ2n) is 27.0. The number of ether oxygens (including phenoxy) is 17. The van der Waals surface area contributed by atoms with Crippen molar-refractivity contribution in [3.8, 4) is 0 Å². The van der Waals surface area contributed by atoms with E-state index in [0.717, 1.165) is 20.8 Å². The van der Waals surface area contributed by atoms with E-state index in [1.165, 1.54) is 6.92 Å². The van der Waals surface area contributed by atoms with Gasteiger partial charge in [-0.2, -0.15) is 0 Å². The minimum atomic E-state index is -2.43. The van der Waals surface area contributed by atoms with Gasteiger partial charge in [0, 0.05) is 20.8 Å². The zero-order valence-electron chi connectivity index (χ0n) is 57.0. The van der Waals surface area contributed by atoms with E-state index < -0.39 is 341 Å². The lowest BCUT2D eigenvalue weighted by Gasteiger charge is -2.52. The molecule has 9 fully saturated rings. The smallest absolute Gasteiger partial charge is 0.217 e. The highest BCUT2D eigenvalue weighted by Crippen LogP contribution is 2.41. The van der Waals surface area contributed by atoms with E-state index in [2.05, 4.69) is 16.0 Å². The summed E-state index contributed by atoms with van der Waals surface area (Å²) in [7, 11) is 0. The molecule has 614 valence electrons. The highest BCUT2D eigenvalue weighted by molar-refractivity contribution is 5.74. The summed E-state index contributed by atoms with van der Waals surface area (Å²) in [5.74, 6) is -2.70. The molecule has 47 nitrogen and oxygen atoms in total. The lowest BCUT2D eigenvalue weighted by Crippen LogP contribution is -2.71. The van der Waals surface area contributed by atoms with Crippen molar-refractivity contribution in [2.24, 2.45) is 0 Å². The summed E-state index contributed by atoms with van der Waals surface area (Å²) >= 11 is 0. The number of carbonyl (C=O) groups excluding carboxylic acids is 3. The van der Waals surface area contributed by atoms with Crippen LogP contribution in [-0.2, 0) is 94.9 Å². The maximum absolute atomic E-state index is 13.4. The van der Waals surface area contributed by atoms with E-state index in [1.54, 1.807) is 0 Å². The highest BCUT2D eigenvalue weighted by Gasteiger charge is 2.61. The fraction of sp³-hybridized carbons (Fsp3) is 0.949. The molecule has 27 N–H and O–H groups in total. The molecule has 0 aromatic rings. The second kappa shape index (κ2) is 37.6. The summed E-state index contributed by atoms with van der Waals surface area (Å²) in [6.45, 7) is -4.41. The van der Waals surface area contributed by atoms with Crippen LogP contribution in [0.4, 0.5) is 0 Å². The Hall–Kier alpha value is -3.23. The molecule has 9 aliphatic heterocycles. The van der Waals surface area contributed by atoms with Gasteiger partial charge in [0.1, 0.15) is 207 Å². The third-order valence-corrected chi connectivity index (χ3v) is 19.5. The Labute approximate surface area is 600 Å². The average Bonchev–Trinajstić information content (AvgIpc) is 0.762. The molecule has 0 aliphatic carbocycles. The number of rotatable bonds is 26. The summed E-state index contributed by atoms with van der Waals surface area (Å²) in [5, 5.41) is 272. The molecule has 0 bridgehead atoms. The van der Waals surface area contributed by atoms with Crippen molar-refractivity contribution in [1.29, 1.82) is 0 Å². The molecule has 44 atom stereocenters. The molecule has 0 saturated carbocycles. The van der Waals surface area contributed by atoms with Gasteiger partial charge in [-0.25, -0.2) is 0 Å². The number of carbonyl (C=O) groups is 3. The molecule has 9 saturated heterocycles. The monoisotopic (exact) mass is 1550 g/mol. The first kappa shape index (κ1) is 86.7. The van der Waals surface area contributed by atoms with E-state index in [4.69, 9.17) is 80.5 Å². The zero-order chi connectivity index (χ0) is 77.9. The Bertz CT molecular complexity index is 2770. The van der Waals surface area contributed by atoms with Crippen molar-refractivity contribution in [2.45, 2.75) is 298 Å². The Morgan fingerprint density at radius 2 is 0.670 bits per heavy atom. The molecule has 0 aromatic heterocycles. The van der Waals surface area contributed by atoms with Crippen LogP contribution in [0.15, 0.2) is 0 Å². The van der Waals surface area contributed by atoms with Crippen LogP contribution in [0, 0.1) is 0 Å². The number of aliphatic hydroxyl groups is 24. The van der Waals surface area contributed by atoms with Crippen LogP contribution >= 0.6 is 0 Å². The highest BCUT2D eigenvalue weighted by atomic mass is 16.8. The third-order valence-electron chi connectivity index (χ3n) is 19.5. The van der Waals surface area contributed by atoms with E-state index in [1.807, 2.05) is 0 Å². The van der Waals surface area contributed by atoms with Crippen molar-refractivity contribution >= 4 is 17.7 Å². The number of aliphatic hydroxyl groups excluding tert-OH is 24. The molecule has 9 heterocycles. The molecule has 0 aromatic carbocycles. The summed E-state index contributed by atoms with van der Waals surface area (Å²) in [5.41, 5.74) is 0. The van der Waals surface area contributed by atoms with Gasteiger partial charge in [-0.05, 0) is 6.92 Å². The fourth-order valence-electron chi connectivity index (χ4n) is 13.7. The molecule has 9 rings (SSSR count). The predicted octanol–water partition coefficient (Wildman–Crippen LogP) is -18.5. The first-order chi connectivity index (χ1) is 50.1. The molecule has 0 unspecified atom stereocenters. The van der Waals surface area contributed by atoms with Crippen molar-refractivity contribution in [2.75, 3.05) is 52.9 Å². The van der Waals surface area contributed by atoms with Gasteiger partial charge in [0.15, 0.2) is 56.6 Å². The third kappa shape index (κ3) is 18.8. The topological polar surface area (TPSA) is 730 Å². The van der Waals surface area contributed by atoms with Gasteiger partial charge >= 0.3 is 0 Å². The van der Waals surface area contributed by atoms with Crippen molar-refractivity contribution in [3.63, 3.8) is 0 Å². The van der Waals surface area contributed by atoms with Crippen LogP contribution in [0.1, 0.15) is 27.7 Å². The summed E-state index contributed by atoms with van der Waals surface area (Å²) in [4.78, 5) is 38.5. The van der Waals surface area contributed by atoms with E-state index in [9.17, 15) is 137 Å². The van der Waals surface area contributed by atoms with Crippen molar-refractivity contribution in [3.05, 3.63) is 0 Å². The van der Waals surface area contributed by atoms with Crippen molar-refractivity contribution < 1.29 is 217 Å². The molecule has 0 radical (unpaired) electrons. The average molecular weight is 1550 g/mol. The van der Waals surface area contributed by atoms with Crippen LogP contribution in [0.3, 0.4) is 0 Å². The van der Waals surface area contributed by atoms with Crippen molar-refractivity contribution in [1.82, 2.24) is 16.0 Å². The van der Waals surface area contributed by atoms with E-state index >= 15 is 0 Å². The van der Waals surface area contributed by atoms with Gasteiger partial charge in [-0.3, -0.25) is 14.4 Å². The number of hydrogen-bond donors (Lipinski definition) is 27. The van der Waals surface area contributed by atoms with Gasteiger partial charge in [-0.1, -0.05) is 0 Å². The summed E-state index contributed by atoms with van der Waals surface area (Å²) in [6, 6.07) is -5.55. The first-order valence-electron chi connectivity index (χ1n) is 33.9. The fourth-order valence-corrected chi connectivity index (χ4v) is 13.7. The number of amides is 3. The van der Waals surface area contributed by atoms with Crippen LogP contribution in [0.2, 0.25) is 0 Å². The predicted molar refractivity (Wildman–Crippen MR) is 324 cm³/mol. The maximum Gasteiger partial charge on any atom is 0.217 e. The van der Waals surface area contributed by atoms with Crippen LogP contribution in [0.5, 0.6) is 0 Å². The zero-order valence-corrected chi connectivity index (χ0v) is 57.0. The first-order valence-corrected chi connectivity index (χ1v) is 33.9. The Morgan fingerprint density at radius 3 is 1.20 bits per heavy atom. The second-order valence-corrected chi connectivity index (χ2v) is 27.0. The minimum absolute atomic E-state index is 0.782. The standard InChI is InChI=1S/C59H99N3O44/c1-13-28(73)36(81)41(86)55(92-13)103-47-27(62-16(4)71)53(98-23(10-68)46(47)102-56-42(87)37(82)30(75)18(5-63)94-56)105-49-39(84)32(77)20(7-65)96-58(49)91-12-24-33(78)48(104-57-43(88)38(83)31(76)19(6-64)95-57)50(106-54-40(85)29(74)17(72)11-90-54)59(99-24)101-45-22(9-67)97-52(26(35(45)80)61-15(3)70)100-44-21(8-66)93-51(89)25(34(44)79)60-14(2)69/h13,17-59,63-68,72-89H,5-12H2,1-4H3,(H,60,69)(H,61,70)(H,62,71)/t13-,17+,18+,19+,20+,21+,22+,23+,24+,25+,26+,27+,28+,29-,30-,31+,32+,33+,34+,35+,36+,37-,38-,39-,40+,41-,42+,43-,44+,45+,46+,47+,48-,49-,50-,51+,52-,53-,54-,55-,56-,57+,58-,59-/m0/s1. The van der Waals surface area contributed by atoms with Gasteiger partial charge < -0.3 is 219 Å². The number of hydrogen-bond acceptors (Lipinski definition) is 44. The molecule has 0 spiro atoms. The van der Waals surface area contributed by atoms with Gasteiger partial charge in [0.05, 0.1) is 59.0 Å². The lowest BCUT2D eigenvalue weighted by molar-refractivity contribution is -0.406. The summed E-state index contributed by atoms with van der Waals surface area (Å²) < 4.78 is 102. The molecule has 9 aliphatic rings. The number of nitrogens with one attached hydrogen (secondary N) is 3. The largest absolute Gasteiger partial charge is 0.394 e. The maximum atomic E-state index is 13.4. The van der Waals surface area contributed by atoms with Crippen LogP contribution in [-0.4, -0.2) is 463 Å². The molecular weight excluding hydrogens is 1450 g/mol. The molecule has 3 amide bonds. The van der Waals surface area contributed by atoms with Crippen LogP contribution < -0.4 is 16.0 Å². The molecule has 106 heavy (non-hydrogen) atoms. The normalized spacial score (nSPS) is 50.4.